The van der Waals surface area contributed by atoms with Gasteiger partial charge in [0.1, 0.15) is 5.75 Å². The second-order valence-electron chi connectivity index (χ2n) is 5.52. The van der Waals surface area contributed by atoms with Gasteiger partial charge in [-0.25, -0.2) is 8.42 Å². The smallest absolute Gasteiger partial charge is 0.262 e. The van der Waals surface area contributed by atoms with Crippen LogP contribution in [0.1, 0.15) is 18.1 Å². The van der Waals surface area contributed by atoms with E-state index in [1.807, 2.05) is 19.9 Å². The van der Waals surface area contributed by atoms with Gasteiger partial charge in [-0.1, -0.05) is 0 Å². The predicted octanol–water partition coefficient (Wildman–Crippen LogP) is 3.38. The number of aromatic nitrogens is 2. The van der Waals surface area contributed by atoms with E-state index in [1.165, 1.54) is 0 Å². The number of hydrogen-bond acceptors (Lipinski definition) is 4. The van der Waals surface area contributed by atoms with Crippen molar-refractivity contribution in [3.8, 4) is 5.75 Å². The normalized spacial score (nSPS) is 11.6. The van der Waals surface area contributed by atoms with Gasteiger partial charge in [0, 0.05) is 5.39 Å². The summed E-state index contributed by atoms with van der Waals surface area (Å²) in [7, 11) is -3.69. The fraction of sp³-hybridized carbons (Fsp3) is 0.235. The van der Waals surface area contributed by atoms with Crippen LogP contribution in [0.2, 0.25) is 0 Å². The van der Waals surface area contributed by atoms with Gasteiger partial charge in [0.2, 0.25) is 0 Å². The highest BCUT2D eigenvalue weighted by Crippen LogP contribution is 2.28. The van der Waals surface area contributed by atoms with Crippen LogP contribution in [0.3, 0.4) is 0 Å². The number of hydrogen-bond donors (Lipinski definition) is 2. The molecule has 1 heterocycles. The first-order valence-corrected chi connectivity index (χ1v) is 9.09. The Morgan fingerprint density at radius 3 is 2.71 bits per heavy atom. The summed E-state index contributed by atoms with van der Waals surface area (Å²) in [6, 6.07) is 8.51. The monoisotopic (exact) mass is 345 g/mol. The van der Waals surface area contributed by atoms with Gasteiger partial charge in [-0.2, -0.15) is 5.10 Å². The summed E-state index contributed by atoms with van der Waals surface area (Å²) < 4.78 is 33.6. The summed E-state index contributed by atoms with van der Waals surface area (Å²) in [5, 5.41) is 7.68. The average molecular weight is 345 g/mol. The van der Waals surface area contributed by atoms with Crippen LogP contribution < -0.4 is 9.46 Å². The van der Waals surface area contributed by atoms with Gasteiger partial charge in [0.25, 0.3) is 10.0 Å². The van der Waals surface area contributed by atoms with Crippen molar-refractivity contribution in [1.29, 1.82) is 0 Å². The van der Waals surface area contributed by atoms with E-state index in [-0.39, 0.29) is 4.90 Å². The molecule has 0 bridgehead atoms. The lowest BCUT2D eigenvalue weighted by Crippen LogP contribution is -2.15. The second-order valence-corrected chi connectivity index (χ2v) is 7.17. The second kappa shape index (κ2) is 6.16. The molecule has 3 rings (SSSR count). The molecule has 126 valence electrons. The third kappa shape index (κ3) is 2.94. The van der Waals surface area contributed by atoms with Crippen molar-refractivity contribution in [3.63, 3.8) is 0 Å². The van der Waals surface area contributed by atoms with Crippen molar-refractivity contribution in [2.75, 3.05) is 11.3 Å². The Morgan fingerprint density at radius 2 is 1.96 bits per heavy atom. The van der Waals surface area contributed by atoms with E-state index in [0.29, 0.717) is 23.6 Å². The van der Waals surface area contributed by atoms with E-state index in [9.17, 15) is 8.42 Å². The quantitative estimate of drug-likeness (QED) is 0.742. The number of anilines is 1. The Labute approximate surface area is 140 Å². The van der Waals surface area contributed by atoms with Crippen LogP contribution in [0.5, 0.6) is 5.75 Å². The summed E-state index contributed by atoms with van der Waals surface area (Å²) in [5.74, 6) is 0.702. The first kappa shape index (κ1) is 16.3. The summed E-state index contributed by atoms with van der Waals surface area (Å²) in [6.45, 7) is 6.07. The van der Waals surface area contributed by atoms with Crippen molar-refractivity contribution < 1.29 is 13.2 Å². The number of nitrogens with zero attached hydrogens (tertiary/aromatic N) is 1. The Bertz CT molecular complexity index is 993. The molecule has 24 heavy (non-hydrogen) atoms. The minimum Gasteiger partial charge on any atom is -0.494 e. The number of aromatic amines is 1. The van der Waals surface area contributed by atoms with Crippen LogP contribution in [-0.2, 0) is 10.0 Å². The summed E-state index contributed by atoms with van der Waals surface area (Å²) in [6.07, 6.45) is 1.69. The minimum atomic E-state index is -3.69. The number of ether oxygens (including phenoxy) is 1. The number of benzene rings is 2. The van der Waals surface area contributed by atoms with E-state index < -0.39 is 10.0 Å². The SMILES string of the molecule is CCOc1ccc(S(=O)(=O)Nc2ccc3cn[nH]c3c2)c(C)c1C. The lowest BCUT2D eigenvalue weighted by atomic mass is 10.1. The Morgan fingerprint density at radius 1 is 1.17 bits per heavy atom. The zero-order valence-electron chi connectivity index (χ0n) is 13.8. The highest BCUT2D eigenvalue weighted by molar-refractivity contribution is 7.92. The molecule has 0 fully saturated rings. The maximum absolute atomic E-state index is 12.7. The van der Waals surface area contributed by atoms with Crippen LogP contribution in [0.15, 0.2) is 41.4 Å². The van der Waals surface area contributed by atoms with Crippen LogP contribution >= 0.6 is 0 Å². The molecule has 2 N–H and O–H groups in total. The van der Waals surface area contributed by atoms with Gasteiger partial charge in [0.05, 0.1) is 28.9 Å². The van der Waals surface area contributed by atoms with E-state index in [4.69, 9.17) is 4.74 Å². The third-order valence-electron chi connectivity index (χ3n) is 3.97. The molecule has 0 unspecified atom stereocenters. The van der Waals surface area contributed by atoms with Crippen molar-refractivity contribution in [1.82, 2.24) is 10.2 Å². The number of rotatable bonds is 5. The van der Waals surface area contributed by atoms with E-state index in [1.54, 1.807) is 37.4 Å². The van der Waals surface area contributed by atoms with Crippen LogP contribution in [0, 0.1) is 13.8 Å². The first-order valence-electron chi connectivity index (χ1n) is 7.61. The van der Waals surface area contributed by atoms with Crippen LogP contribution in [0.4, 0.5) is 5.69 Å². The van der Waals surface area contributed by atoms with E-state index >= 15 is 0 Å². The van der Waals surface area contributed by atoms with Gasteiger partial charge in [-0.3, -0.25) is 9.82 Å². The largest absolute Gasteiger partial charge is 0.494 e. The van der Waals surface area contributed by atoms with Crippen LogP contribution in [0.25, 0.3) is 10.9 Å². The highest BCUT2D eigenvalue weighted by Gasteiger charge is 2.20. The topological polar surface area (TPSA) is 84.1 Å². The molecule has 7 heteroatoms. The zero-order valence-corrected chi connectivity index (χ0v) is 14.6. The van der Waals surface area contributed by atoms with Crippen molar-refractivity contribution in [3.05, 3.63) is 47.7 Å². The summed E-state index contributed by atoms with van der Waals surface area (Å²) in [5.41, 5.74) is 2.76. The minimum absolute atomic E-state index is 0.244. The molecular weight excluding hydrogens is 326 g/mol. The lowest BCUT2D eigenvalue weighted by molar-refractivity contribution is 0.337. The van der Waals surface area contributed by atoms with Gasteiger partial charge in [-0.15, -0.1) is 0 Å². The molecule has 0 amide bonds. The molecule has 0 atom stereocenters. The van der Waals surface area contributed by atoms with Gasteiger partial charge < -0.3 is 4.74 Å². The fourth-order valence-corrected chi connectivity index (χ4v) is 3.94. The molecule has 0 saturated carbocycles. The number of H-pyrrole nitrogens is 1. The van der Waals surface area contributed by atoms with Crippen molar-refractivity contribution in [2.24, 2.45) is 0 Å². The Balaban J connectivity index is 1.96. The van der Waals surface area contributed by atoms with E-state index in [0.717, 1.165) is 16.5 Å². The summed E-state index contributed by atoms with van der Waals surface area (Å²) >= 11 is 0. The zero-order chi connectivity index (χ0) is 17.3. The number of nitrogens with one attached hydrogen (secondary N) is 2. The van der Waals surface area contributed by atoms with E-state index in [2.05, 4.69) is 14.9 Å². The Kier molecular flexibility index (Phi) is 4.19. The summed E-state index contributed by atoms with van der Waals surface area (Å²) in [4.78, 5) is 0.244. The molecule has 6 nitrogen and oxygen atoms in total. The molecule has 0 spiro atoms. The van der Waals surface area contributed by atoms with Crippen LogP contribution in [-0.4, -0.2) is 25.2 Å². The van der Waals surface area contributed by atoms with Gasteiger partial charge >= 0.3 is 0 Å². The van der Waals surface area contributed by atoms with Crippen molar-refractivity contribution >= 4 is 26.6 Å². The molecule has 0 aliphatic rings. The standard InChI is InChI=1S/C17H19N3O3S/c1-4-23-16-7-8-17(12(3)11(16)2)24(21,22)20-14-6-5-13-10-18-19-15(13)9-14/h5-10,20H,4H2,1-3H3,(H,18,19). The molecule has 0 aliphatic heterocycles. The molecule has 0 radical (unpaired) electrons. The molecule has 0 saturated heterocycles. The molecular formula is C17H19N3O3S. The molecule has 1 aromatic heterocycles. The predicted molar refractivity (Wildman–Crippen MR) is 94.0 cm³/mol. The maximum Gasteiger partial charge on any atom is 0.262 e. The molecule has 3 aromatic rings. The van der Waals surface area contributed by atoms with Gasteiger partial charge in [-0.05, 0) is 62.2 Å². The lowest BCUT2D eigenvalue weighted by Gasteiger charge is -2.15. The number of sulfonamides is 1. The first-order chi connectivity index (χ1) is 11.4. The van der Waals surface area contributed by atoms with Gasteiger partial charge in [0.15, 0.2) is 0 Å². The fourth-order valence-electron chi connectivity index (χ4n) is 2.58. The van der Waals surface area contributed by atoms with Crippen molar-refractivity contribution in [2.45, 2.75) is 25.7 Å². The average Bonchev–Trinajstić information content (AvgIpc) is 2.99. The third-order valence-corrected chi connectivity index (χ3v) is 5.50. The Hall–Kier alpha value is -2.54. The number of fused-ring (bicyclic) bond motifs is 1. The highest BCUT2D eigenvalue weighted by atomic mass is 32.2. The maximum atomic E-state index is 12.7. The molecule has 0 aliphatic carbocycles. The molecule has 2 aromatic carbocycles.